The van der Waals surface area contributed by atoms with Gasteiger partial charge in [-0.05, 0) is 74.9 Å². The summed E-state index contributed by atoms with van der Waals surface area (Å²) < 4.78 is 0. The number of aryl methyl sites for hydroxylation is 1. The van der Waals surface area contributed by atoms with Crippen LogP contribution in [0, 0.1) is 11.8 Å². The van der Waals surface area contributed by atoms with Crippen molar-refractivity contribution in [3.8, 4) is 0 Å². The lowest BCUT2D eigenvalue weighted by Crippen LogP contribution is -2.48. The van der Waals surface area contributed by atoms with E-state index in [-0.39, 0.29) is 5.92 Å². The Morgan fingerprint density at radius 2 is 1.87 bits per heavy atom. The van der Waals surface area contributed by atoms with Gasteiger partial charge >= 0.3 is 0 Å². The lowest BCUT2D eigenvalue weighted by molar-refractivity contribution is -0.0574. The molecule has 1 fully saturated rings. The van der Waals surface area contributed by atoms with Crippen LogP contribution in [-0.2, 0) is 6.42 Å². The highest BCUT2D eigenvalue weighted by Gasteiger charge is 2.46. The van der Waals surface area contributed by atoms with Crippen LogP contribution in [0.25, 0.3) is 16.6 Å². The van der Waals surface area contributed by atoms with Crippen molar-refractivity contribution >= 4 is 16.6 Å². The summed E-state index contributed by atoms with van der Waals surface area (Å²) in [5, 5.41) is 11.5. The Morgan fingerprint density at radius 3 is 2.65 bits per heavy atom. The summed E-state index contributed by atoms with van der Waals surface area (Å²) in [7, 11) is 2.17. The molecule has 3 aliphatic rings. The number of imidazole rings is 1. The maximum Gasteiger partial charge on any atom is 0.107 e. The van der Waals surface area contributed by atoms with Crippen LogP contribution in [0.5, 0.6) is 0 Å². The van der Waals surface area contributed by atoms with Crippen molar-refractivity contribution in [2.75, 3.05) is 20.1 Å². The molecular formula is C27H33N3O. The van der Waals surface area contributed by atoms with Crippen LogP contribution in [0.2, 0.25) is 0 Å². The molecule has 4 heteroatoms. The van der Waals surface area contributed by atoms with E-state index in [0.29, 0.717) is 5.92 Å². The number of H-pyrrole nitrogens is 1. The average molecular weight is 416 g/mol. The molecule has 0 unspecified atom stereocenters. The number of hydrogen-bond acceptors (Lipinski definition) is 3. The maximum absolute atomic E-state index is 11.5. The zero-order valence-corrected chi connectivity index (χ0v) is 18.4. The minimum atomic E-state index is -0.547. The minimum Gasteiger partial charge on any atom is -0.389 e. The van der Waals surface area contributed by atoms with E-state index < -0.39 is 5.60 Å². The molecule has 0 amide bonds. The van der Waals surface area contributed by atoms with Gasteiger partial charge < -0.3 is 15.0 Å². The van der Waals surface area contributed by atoms with Gasteiger partial charge in [-0.1, -0.05) is 48.5 Å². The summed E-state index contributed by atoms with van der Waals surface area (Å²) in [5.41, 5.74) is 4.41. The van der Waals surface area contributed by atoms with Crippen LogP contribution in [-0.4, -0.2) is 45.7 Å². The Bertz CT molecular complexity index is 1020. The Morgan fingerprint density at radius 1 is 1.06 bits per heavy atom. The van der Waals surface area contributed by atoms with E-state index in [1.807, 2.05) is 12.1 Å². The van der Waals surface area contributed by atoms with Gasteiger partial charge in [-0.15, -0.1) is 0 Å². The van der Waals surface area contributed by atoms with Gasteiger partial charge in [0.2, 0.25) is 0 Å². The van der Waals surface area contributed by atoms with E-state index in [1.165, 1.54) is 17.6 Å². The first-order valence-corrected chi connectivity index (χ1v) is 11.7. The number of aliphatic hydroxyl groups is 1. The highest BCUT2D eigenvalue weighted by atomic mass is 16.3. The number of hydrogen-bond donors (Lipinski definition) is 2. The highest BCUT2D eigenvalue weighted by molar-refractivity contribution is 5.74. The van der Waals surface area contributed by atoms with Gasteiger partial charge in [0.15, 0.2) is 0 Å². The molecule has 0 radical (unpaired) electrons. The fourth-order valence-corrected chi connectivity index (χ4v) is 5.57. The summed E-state index contributed by atoms with van der Waals surface area (Å²) >= 11 is 0. The number of nitrogens with one attached hydrogen (secondary N) is 1. The van der Waals surface area contributed by atoms with Crippen molar-refractivity contribution in [3.63, 3.8) is 0 Å². The number of benzene rings is 2. The fraction of sp³-hybridized carbons (Fsp3) is 0.444. The summed E-state index contributed by atoms with van der Waals surface area (Å²) in [6.07, 6.45) is 8.50. The largest absolute Gasteiger partial charge is 0.389 e. The number of rotatable bonds is 8. The van der Waals surface area contributed by atoms with Crippen LogP contribution in [0.4, 0.5) is 0 Å². The van der Waals surface area contributed by atoms with Crippen LogP contribution in [0.1, 0.15) is 43.5 Å². The first kappa shape index (κ1) is 20.5. The zero-order chi connectivity index (χ0) is 21.3. The summed E-state index contributed by atoms with van der Waals surface area (Å²) in [5.74, 6) is 1.85. The van der Waals surface area contributed by atoms with Crippen molar-refractivity contribution in [3.05, 3.63) is 72.1 Å². The van der Waals surface area contributed by atoms with Crippen molar-refractivity contribution in [2.45, 2.75) is 44.1 Å². The highest BCUT2D eigenvalue weighted by Crippen LogP contribution is 2.51. The minimum absolute atomic E-state index is 0.289. The molecule has 162 valence electrons. The molecule has 1 saturated carbocycles. The van der Waals surface area contributed by atoms with Gasteiger partial charge in [0, 0.05) is 18.9 Å². The predicted octanol–water partition coefficient (Wildman–Crippen LogP) is 5.06. The first-order chi connectivity index (χ1) is 15.1. The van der Waals surface area contributed by atoms with Crippen LogP contribution in [0.3, 0.4) is 0 Å². The quantitative estimate of drug-likeness (QED) is 0.541. The number of aromatic amines is 1. The number of aromatic nitrogens is 2. The van der Waals surface area contributed by atoms with E-state index in [9.17, 15) is 5.11 Å². The molecule has 1 heterocycles. The summed E-state index contributed by atoms with van der Waals surface area (Å²) in [6, 6.07) is 18.9. The van der Waals surface area contributed by atoms with Gasteiger partial charge in [0.25, 0.3) is 0 Å². The lowest BCUT2D eigenvalue weighted by Gasteiger charge is -2.48. The van der Waals surface area contributed by atoms with Gasteiger partial charge in [-0.25, -0.2) is 4.98 Å². The topological polar surface area (TPSA) is 52.2 Å². The molecule has 0 spiro atoms. The molecule has 1 aromatic heterocycles. The van der Waals surface area contributed by atoms with Gasteiger partial charge in [-0.2, -0.15) is 0 Å². The van der Waals surface area contributed by atoms with Crippen molar-refractivity contribution in [1.29, 1.82) is 0 Å². The third kappa shape index (κ3) is 4.32. The molecule has 4 nitrogen and oxygen atoms in total. The third-order valence-corrected chi connectivity index (χ3v) is 7.36. The average Bonchev–Trinajstić information content (AvgIpc) is 3.21. The first-order valence-electron chi connectivity index (χ1n) is 11.7. The molecule has 31 heavy (non-hydrogen) atoms. The van der Waals surface area contributed by atoms with E-state index >= 15 is 0 Å². The number of fused-ring (bicyclic) bond motifs is 3. The van der Waals surface area contributed by atoms with Crippen molar-refractivity contribution < 1.29 is 5.11 Å². The summed E-state index contributed by atoms with van der Waals surface area (Å²) in [6.45, 7) is 1.96. The second-order valence-electron chi connectivity index (χ2n) is 9.53. The molecular weight excluding hydrogens is 382 g/mol. The van der Waals surface area contributed by atoms with Gasteiger partial charge in [0.1, 0.15) is 5.82 Å². The third-order valence-electron chi connectivity index (χ3n) is 7.36. The molecule has 3 atom stereocenters. The Kier molecular flexibility index (Phi) is 5.68. The molecule has 3 aliphatic carbocycles. The van der Waals surface area contributed by atoms with Crippen LogP contribution < -0.4 is 0 Å². The van der Waals surface area contributed by atoms with Crippen molar-refractivity contribution in [2.24, 2.45) is 11.8 Å². The van der Waals surface area contributed by atoms with Gasteiger partial charge in [0.05, 0.1) is 16.6 Å². The molecule has 6 rings (SSSR count). The molecule has 0 aliphatic heterocycles. The number of nitrogens with zero attached hydrogens (tertiary/aromatic N) is 2. The van der Waals surface area contributed by atoms with E-state index in [4.69, 9.17) is 0 Å². The van der Waals surface area contributed by atoms with E-state index in [2.05, 4.69) is 70.5 Å². The second-order valence-corrected chi connectivity index (χ2v) is 9.53. The Balaban J connectivity index is 1.13. The smallest absolute Gasteiger partial charge is 0.107 e. The second kappa shape index (κ2) is 8.60. The molecule has 2 bridgehead atoms. The number of allylic oxidation sites excluding steroid dienone is 1. The normalized spacial score (nSPS) is 25.3. The SMILES string of the molecule is CN(CCCc1nc2ccccc2[nH]1)CC[C@]1(O)C[C@H]2CC[C@@H]1C=C2c1ccccc1. The zero-order valence-electron chi connectivity index (χ0n) is 18.4. The fourth-order valence-electron chi connectivity index (χ4n) is 5.57. The summed E-state index contributed by atoms with van der Waals surface area (Å²) in [4.78, 5) is 10.5. The lowest BCUT2D eigenvalue weighted by atomic mass is 9.61. The molecule has 0 saturated heterocycles. The monoisotopic (exact) mass is 415 g/mol. The predicted molar refractivity (Wildman–Crippen MR) is 127 cm³/mol. The molecule has 2 aromatic carbocycles. The Hall–Kier alpha value is -2.43. The molecule has 2 N–H and O–H groups in total. The Labute approximate surface area is 185 Å². The van der Waals surface area contributed by atoms with E-state index in [0.717, 1.165) is 62.1 Å². The van der Waals surface area contributed by atoms with Crippen LogP contribution >= 0.6 is 0 Å². The van der Waals surface area contributed by atoms with E-state index in [1.54, 1.807) is 0 Å². The standard InChI is InChI=1S/C27H33N3O/c1-30(16-7-12-26-28-24-10-5-6-11-25(24)29-26)17-15-27(31)19-21-13-14-22(27)18-23(21)20-8-3-2-4-9-20/h2-6,8-11,18,21-22,31H,7,12-17,19H2,1H3,(H,28,29)/t21-,22-,27+/m1/s1. The van der Waals surface area contributed by atoms with Crippen LogP contribution in [0.15, 0.2) is 60.7 Å². The van der Waals surface area contributed by atoms with Gasteiger partial charge in [-0.3, -0.25) is 0 Å². The number of para-hydroxylation sites is 2. The van der Waals surface area contributed by atoms with Crippen molar-refractivity contribution in [1.82, 2.24) is 14.9 Å². The maximum atomic E-state index is 11.5. The molecule has 3 aromatic rings.